The lowest BCUT2D eigenvalue weighted by Gasteiger charge is -2.19. The van der Waals surface area contributed by atoms with Crippen LogP contribution in [0.5, 0.6) is 0 Å². The van der Waals surface area contributed by atoms with Crippen LogP contribution in [0.2, 0.25) is 0 Å². The van der Waals surface area contributed by atoms with Gasteiger partial charge in [-0.05, 0) is 29.0 Å². The topological polar surface area (TPSA) is 29.0 Å². The third kappa shape index (κ3) is 3.25. The Hall–Kier alpha value is -0.650. The van der Waals surface area contributed by atoms with Crippen molar-refractivity contribution in [3.05, 3.63) is 28.6 Å². The van der Waals surface area contributed by atoms with E-state index in [4.69, 9.17) is 0 Å². The monoisotopic (exact) mass is 303 g/mol. The lowest BCUT2D eigenvalue weighted by Crippen LogP contribution is -2.25. The minimum atomic E-state index is 0.784. The molecule has 0 atom stereocenters. The van der Waals surface area contributed by atoms with Crippen molar-refractivity contribution < 1.29 is 0 Å². The molecule has 0 aliphatic carbocycles. The van der Waals surface area contributed by atoms with Crippen molar-refractivity contribution in [3.8, 4) is 0 Å². The highest BCUT2D eigenvalue weighted by atomic mass is 127. The van der Waals surface area contributed by atoms with Gasteiger partial charge in [-0.3, -0.25) is 0 Å². The summed E-state index contributed by atoms with van der Waals surface area (Å²) < 4.78 is 1.06. The number of nitrogens with zero attached hydrogens (tertiary/aromatic N) is 3. The second kappa shape index (κ2) is 5.95. The lowest BCUT2D eigenvalue weighted by atomic mass is 10.4. The number of halogens is 1. The van der Waals surface area contributed by atoms with Gasteiger partial charge in [0.2, 0.25) is 5.95 Å². The molecule has 0 radical (unpaired) electrons. The van der Waals surface area contributed by atoms with Crippen molar-refractivity contribution in [2.45, 2.75) is 13.3 Å². The third-order valence-electron chi connectivity index (χ3n) is 1.73. The van der Waals surface area contributed by atoms with E-state index in [0.717, 1.165) is 29.0 Å². The van der Waals surface area contributed by atoms with E-state index in [1.807, 2.05) is 18.5 Å². The minimum Gasteiger partial charge on any atom is -0.337 e. The van der Waals surface area contributed by atoms with Crippen LogP contribution in [0.1, 0.15) is 13.3 Å². The Morgan fingerprint density at radius 2 is 2.14 bits per heavy atom. The molecule has 0 aliphatic heterocycles. The summed E-state index contributed by atoms with van der Waals surface area (Å²) >= 11 is 2.20. The molecule has 14 heavy (non-hydrogen) atoms. The highest BCUT2D eigenvalue weighted by Crippen LogP contribution is 2.08. The molecule has 1 aromatic rings. The van der Waals surface area contributed by atoms with Crippen molar-refractivity contribution in [1.82, 2.24) is 9.97 Å². The Morgan fingerprint density at radius 1 is 1.50 bits per heavy atom. The van der Waals surface area contributed by atoms with Crippen LogP contribution in [0, 0.1) is 3.57 Å². The molecular formula is C10H14IN3. The van der Waals surface area contributed by atoms with Gasteiger partial charge in [0.1, 0.15) is 0 Å². The molecule has 0 saturated heterocycles. The highest BCUT2D eigenvalue weighted by molar-refractivity contribution is 14.1. The van der Waals surface area contributed by atoms with Crippen molar-refractivity contribution in [2.24, 2.45) is 0 Å². The maximum atomic E-state index is 4.28. The number of hydrogen-bond donors (Lipinski definition) is 0. The zero-order valence-electron chi connectivity index (χ0n) is 8.28. The van der Waals surface area contributed by atoms with Gasteiger partial charge in [-0.1, -0.05) is 13.0 Å². The fourth-order valence-electron chi connectivity index (χ4n) is 1.17. The van der Waals surface area contributed by atoms with Crippen LogP contribution in [0.25, 0.3) is 0 Å². The SMILES string of the molecule is C=CCN(CCC)c1ncc(I)cn1. The molecule has 0 fully saturated rings. The van der Waals surface area contributed by atoms with Crippen molar-refractivity contribution in [2.75, 3.05) is 18.0 Å². The van der Waals surface area contributed by atoms with E-state index in [0.29, 0.717) is 0 Å². The van der Waals surface area contributed by atoms with E-state index in [9.17, 15) is 0 Å². The lowest BCUT2D eigenvalue weighted by molar-refractivity contribution is 0.784. The fourth-order valence-corrected chi connectivity index (χ4v) is 1.45. The Labute approximate surface area is 98.4 Å². The van der Waals surface area contributed by atoms with E-state index in [1.54, 1.807) is 0 Å². The van der Waals surface area contributed by atoms with Crippen LogP contribution in [0.15, 0.2) is 25.0 Å². The maximum absolute atomic E-state index is 4.28. The molecular weight excluding hydrogens is 289 g/mol. The highest BCUT2D eigenvalue weighted by Gasteiger charge is 2.05. The van der Waals surface area contributed by atoms with Crippen LogP contribution in [0.3, 0.4) is 0 Å². The molecule has 0 aromatic carbocycles. The standard InChI is InChI=1S/C10H14IN3/c1-3-5-14(6-4-2)10-12-7-9(11)8-13-10/h3,7-8H,1,4-6H2,2H3. The van der Waals surface area contributed by atoms with Crippen molar-refractivity contribution in [1.29, 1.82) is 0 Å². The van der Waals surface area contributed by atoms with Gasteiger partial charge < -0.3 is 4.90 Å². The number of anilines is 1. The predicted octanol–water partition coefficient (Wildman–Crippen LogP) is 2.48. The summed E-state index contributed by atoms with van der Waals surface area (Å²) in [5, 5.41) is 0. The van der Waals surface area contributed by atoms with E-state index < -0.39 is 0 Å². The van der Waals surface area contributed by atoms with Gasteiger partial charge in [-0.15, -0.1) is 6.58 Å². The smallest absolute Gasteiger partial charge is 0.225 e. The molecule has 3 nitrogen and oxygen atoms in total. The molecule has 1 heterocycles. The summed E-state index contributed by atoms with van der Waals surface area (Å²) in [5.74, 6) is 0.784. The molecule has 1 aromatic heterocycles. The molecule has 4 heteroatoms. The molecule has 0 aliphatic rings. The van der Waals surface area contributed by atoms with Gasteiger partial charge in [0, 0.05) is 29.1 Å². The molecule has 0 spiro atoms. The summed E-state index contributed by atoms with van der Waals surface area (Å²) in [6.07, 6.45) is 6.61. The Kier molecular flexibility index (Phi) is 4.86. The van der Waals surface area contributed by atoms with Gasteiger partial charge in [0.25, 0.3) is 0 Å². The maximum Gasteiger partial charge on any atom is 0.225 e. The summed E-state index contributed by atoms with van der Waals surface area (Å²) in [5.41, 5.74) is 0. The molecule has 0 saturated carbocycles. The largest absolute Gasteiger partial charge is 0.337 e. The summed E-state index contributed by atoms with van der Waals surface area (Å²) in [4.78, 5) is 10.7. The molecule has 0 N–H and O–H groups in total. The van der Waals surface area contributed by atoms with Gasteiger partial charge in [0.15, 0.2) is 0 Å². The van der Waals surface area contributed by atoms with Crippen molar-refractivity contribution >= 4 is 28.5 Å². The first-order valence-corrected chi connectivity index (χ1v) is 5.69. The number of aromatic nitrogens is 2. The van der Waals surface area contributed by atoms with Gasteiger partial charge in [-0.2, -0.15) is 0 Å². The first-order valence-electron chi connectivity index (χ1n) is 4.61. The Morgan fingerprint density at radius 3 is 2.64 bits per heavy atom. The van der Waals surface area contributed by atoms with Gasteiger partial charge in [-0.25, -0.2) is 9.97 Å². The summed E-state index contributed by atoms with van der Waals surface area (Å²) in [6, 6.07) is 0. The van der Waals surface area contributed by atoms with Gasteiger partial charge >= 0.3 is 0 Å². The van der Waals surface area contributed by atoms with Crippen LogP contribution in [-0.4, -0.2) is 23.1 Å². The first-order chi connectivity index (χ1) is 6.77. The first kappa shape index (κ1) is 11.4. The number of rotatable bonds is 5. The van der Waals surface area contributed by atoms with E-state index in [-0.39, 0.29) is 0 Å². The van der Waals surface area contributed by atoms with E-state index in [1.165, 1.54) is 0 Å². The average Bonchev–Trinajstić information content (AvgIpc) is 2.19. The molecule has 0 bridgehead atoms. The average molecular weight is 303 g/mol. The third-order valence-corrected chi connectivity index (χ3v) is 2.29. The molecule has 76 valence electrons. The van der Waals surface area contributed by atoms with Gasteiger partial charge in [0.05, 0.1) is 0 Å². The van der Waals surface area contributed by atoms with Crippen molar-refractivity contribution in [3.63, 3.8) is 0 Å². The summed E-state index contributed by atoms with van der Waals surface area (Å²) in [7, 11) is 0. The molecule has 0 amide bonds. The van der Waals surface area contributed by atoms with Crippen LogP contribution < -0.4 is 4.90 Å². The Balaban J connectivity index is 2.76. The quantitative estimate of drug-likeness (QED) is 0.618. The van der Waals surface area contributed by atoms with Crippen LogP contribution in [0.4, 0.5) is 5.95 Å². The second-order valence-electron chi connectivity index (χ2n) is 2.94. The number of hydrogen-bond acceptors (Lipinski definition) is 3. The second-order valence-corrected chi connectivity index (χ2v) is 4.18. The normalized spacial score (nSPS) is 9.86. The zero-order valence-corrected chi connectivity index (χ0v) is 10.4. The van der Waals surface area contributed by atoms with E-state index in [2.05, 4.69) is 51.0 Å². The Bertz CT molecular complexity index is 284. The molecule has 0 unspecified atom stereocenters. The fraction of sp³-hybridized carbons (Fsp3) is 0.400. The summed E-state index contributed by atoms with van der Waals surface area (Å²) in [6.45, 7) is 7.63. The van der Waals surface area contributed by atoms with E-state index >= 15 is 0 Å². The predicted molar refractivity (Wildman–Crippen MR) is 67.5 cm³/mol. The molecule has 1 rings (SSSR count). The zero-order chi connectivity index (χ0) is 10.4. The van der Waals surface area contributed by atoms with Crippen LogP contribution in [-0.2, 0) is 0 Å². The minimum absolute atomic E-state index is 0.784. The van der Waals surface area contributed by atoms with Crippen LogP contribution >= 0.6 is 22.6 Å².